The highest BCUT2D eigenvalue weighted by Crippen LogP contribution is 2.24. The van der Waals surface area contributed by atoms with Crippen molar-refractivity contribution in [1.82, 2.24) is 4.98 Å². The first kappa shape index (κ1) is 11.3. The molecular weight excluding hydrogens is 214 g/mol. The molecule has 0 saturated carbocycles. The summed E-state index contributed by atoms with van der Waals surface area (Å²) in [5.41, 5.74) is 2.65. The molecule has 86 valence electrons. The van der Waals surface area contributed by atoms with Crippen molar-refractivity contribution in [3.05, 3.63) is 65.5 Å². The fourth-order valence-electron chi connectivity index (χ4n) is 1.79. The molecule has 1 unspecified atom stereocenters. The highest BCUT2D eigenvalue weighted by atomic mass is 16.4. The second-order valence-corrected chi connectivity index (χ2v) is 3.96. The number of pyridine rings is 1. The Kier molecular flexibility index (Phi) is 3.19. The van der Waals surface area contributed by atoms with E-state index in [0.29, 0.717) is 0 Å². The van der Waals surface area contributed by atoms with E-state index in [0.717, 1.165) is 16.7 Å². The SMILES string of the molecule is Cc1ccc(C(C(=O)O)c2ccncc2)cc1. The third-order valence-corrected chi connectivity index (χ3v) is 2.70. The van der Waals surface area contributed by atoms with Crippen molar-refractivity contribution in [2.24, 2.45) is 0 Å². The van der Waals surface area contributed by atoms with Gasteiger partial charge in [-0.2, -0.15) is 0 Å². The predicted octanol–water partition coefficient (Wildman–Crippen LogP) is 2.61. The summed E-state index contributed by atoms with van der Waals surface area (Å²) in [7, 11) is 0. The summed E-state index contributed by atoms with van der Waals surface area (Å²) in [6, 6.07) is 11.0. The Balaban J connectivity index is 2.43. The molecule has 1 atom stereocenters. The summed E-state index contributed by atoms with van der Waals surface area (Å²) in [5.74, 6) is -1.47. The van der Waals surface area contributed by atoms with E-state index < -0.39 is 11.9 Å². The van der Waals surface area contributed by atoms with E-state index >= 15 is 0 Å². The lowest BCUT2D eigenvalue weighted by Gasteiger charge is -2.13. The molecule has 0 saturated heterocycles. The van der Waals surface area contributed by atoms with Crippen molar-refractivity contribution < 1.29 is 9.90 Å². The van der Waals surface area contributed by atoms with Gasteiger partial charge in [-0.1, -0.05) is 29.8 Å². The number of rotatable bonds is 3. The molecule has 1 N–H and O–H groups in total. The van der Waals surface area contributed by atoms with E-state index in [9.17, 15) is 9.90 Å². The lowest BCUT2D eigenvalue weighted by atomic mass is 9.92. The van der Waals surface area contributed by atoms with Gasteiger partial charge in [0.05, 0.1) is 0 Å². The molecule has 2 rings (SSSR count). The molecule has 3 nitrogen and oxygen atoms in total. The third-order valence-electron chi connectivity index (χ3n) is 2.70. The minimum absolute atomic E-state index is 0.626. The van der Waals surface area contributed by atoms with Crippen molar-refractivity contribution in [2.75, 3.05) is 0 Å². The molecule has 0 radical (unpaired) electrons. The summed E-state index contributed by atoms with van der Waals surface area (Å²) in [5, 5.41) is 9.33. The molecule has 1 aromatic carbocycles. The highest BCUT2D eigenvalue weighted by Gasteiger charge is 2.21. The van der Waals surface area contributed by atoms with Crippen molar-refractivity contribution in [2.45, 2.75) is 12.8 Å². The molecule has 0 spiro atoms. The van der Waals surface area contributed by atoms with E-state index in [4.69, 9.17) is 0 Å². The van der Waals surface area contributed by atoms with E-state index in [1.807, 2.05) is 31.2 Å². The molecule has 2 aromatic rings. The van der Waals surface area contributed by atoms with Crippen LogP contribution in [-0.2, 0) is 4.79 Å². The second kappa shape index (κ2) is 4.78. The Morgan fingerprint density at radius 2 is 1.59 bits per heavy atom. The van der Waals surface area contributed by atoms with Crippen molar-refractivity contribution in [1.29, 1.82) is 0 Å². The summed E-state index contributed by atoms with van der Waals surface area (Å²) >= 11 is 0. The molecule has 0 amide bonds. The number of hydrogen-bond donors (Lipinski definition) is 1. The molecule has 0 bridgehead atoms. The minimum atomic E-state index is -0.847. The van der Waals surface area contributed by atoms with Crippen LogP contribution in [0.5, 0.6) is 0 Å². The normalized spacial score (nSPS) is 12.1. The monoisotopic (exact) mass is 227 g/mol. The van der Waals surface area contributed by atoms with Crippen LogP contribution in [0.4, 0.5) is 0 Å². The number of hydrogen-bond acceptors (Lipinski definition) is 2. The molecule has 0 fully saturated rings. The van der Waals surface area contributed by atoms with Gasteiger partial charge in [0.1, 0.15) is 5.92 Å². The molecule has 1 aromatic heterocycles. The number of aliphatic carboxylic acids is 1. The molecule has 0 aliphatic carbocycles. The van der Waals surface area contributed by atoms with Crippen LogP contribution >= 0.6 is 0 Å². The molecule has 3 heteroatoms. The summed E-state index contributed by atoms with van der Waals surface area (Å²) in [6.07, 6.45) is 3.22. The van der Waals surface area contributed by atoms with Gasteiger partial charge in [0.2, 0.25) is 0 Å². The number of nitrogens with zero attached hydrogens (tertiary/aromatic N) is 1. The zero-order valence-corrected chi connectivity index (χ0v) is 9.50. The fraction of sp³-hybridized carbons (Fsp3) is 0.143. The van der Waals surface area contributed by atoms with Crippen LogP contribution in [0.15, 0.2) is 48.8 Å². The summed E-state index contributed by atoms with van der Waals surface area (Å²) in [4.78, 5) is 15.3. The number of carboxylic acid groups (broad SMARTS) is 1. The number of aromatic nitrogens is 1. The maximum Gasteiger partial charge on any atom is 0.315 e. The Hall–Kier alpha value is -2.16. The van der Waals surface area contributed by atoms with Gasteiger partial charge in [-0.3, -0.25) is 9.78 Å². The van der Waals surface area contributed by atoms with E-state index in [1.54, 1.807) is 24.5 Å². The van der Waals surface area contributed by atoms with Crippen molar-refractivity contribution >= 4 is 5.97 Å². The minimum Gasteiger partial charge on any atom is -0.481 e. The molecule has 0 aliphatic heterocycles. The zero-order chi connectivity index (χ0) is 12.3. The van der Waals surface area contributed by atoms with Gasteiger partial charge in [0.25, 0.3) is 0 Å². The smallest absolute Gasteiger partial charge is 0.315 e. The lowest BCUT2D eigenvalue weighted by Crippen LogP contribution is -2.13. The molecule has 0 aliphatic rings. The maximum atomic E-state index is 11.4. The standard InChI is InChI=1S/C14H13NO2/c1-10-2-4-11(5-3-10)13(14(16)17)12-6-8-15-9-7-12/h2-9,13H,1H3,(H,16,17). The highest BCUT2D eigenvalue weighted by molar-refractivity contribution is 5.80. The number of carbonyl (C=O) groups is 1. The van der Waals surface area contributed by atoms with Gasteiger partial charge < -0.3 is 5.11 Å². The molecule has 17 heavy (non-hydrogen) atoms. The van der Waals surface area contributed by atoms with E-state index in [2.05, 4.69) is 4.98 Å². The number of aryl methyl sites for hydroxylation is 1. The number of carboxylic acids is 1. The van der Waals surface area contributed by atoms with Gasteiger partial charge in [-0.15, -0.1) is 0 Å². The Morgan fingerprint density at radius 3 is 2.12 bits per heavy atom. The summed E-state index contributed by atoms with van der Waals surface area (Å²) in [6.45, 7) is 1.98. The fourth-order valence-corrected chi connectivity index (χ4v) is 1.79. The predicted molar refractivity (Wildman–Crippen MR) is 64.9 cm³/mol. The second-order valence-electron chi connectivity index (χ2n) is 3.96. The maximum absolute atomic E-state index is 11.4. The Morgan fingerprint density at radius 1 is 1.06 bits per heavy atom. The quantitative estimate of drug-likeness (QED) is 0.876. The molecular formula is C14H13NO2. The van der Waals surface area contributed by atoms with Crippen molar-refractivity contribution in [3.8, 4) is 0 Å². The van der Waals surface area contributed by atoms with Gasteiger partial charge >= 0.3 is 5.97 Å². The zero-order valence-electron chi connectivity index (χ0n) is 9.50. The van der Waals surface area contributed by atoms with Crippen LogP contribution in [-0.4, -0.2) is 16.1 Å². The van der Waals surface area contributed by atoms with Crippen LogP contribution in [0, 0.1) is 6.92 Å². The van der Waals surface area contributed by atoms with E-state index in [1.165, 1.54) is 0 Å². The average molecular weight is 227 g/mol. The van der Waals surface area contributed by atoms with Gasteiger partial charge in [-0.05, 0) is 30.2 Å². The van der Waals surface area contributed by atoms with Crippen LogP contribution in [0.3, 0.4) is 0 Å². The third kappa shape index (κ3) is 2.50. The van der Waals surface area contributed by atoms with Crippen LogP contribution in [0.1, 0.15) is 22.6 Å². The first-order valence-corrected chi connectivity index (χ1v) is 5.38. The first-order valence-electron chi connectivity index (χ1n) is 5.38. The van der Waals surface area contributed by atoms with E-state index in [-0.39, 0.29) is 0 Å². The number of benzene rings is 1. The van der Waals surface area contributed by atoms with Crippen LogP contribution < -0.4 is 0 Å². The van der Waals surface area contributed by atoms with Gasteiger partial charge in [0.15, 0.2) is 0 Å². The Labute approximate surface area is 99.8 Å². The average Bonchev–Trinajstić information content (AvgIpc) is 2.33. The largest absolute Gasteiger partial charge is 0.481 e. The van der Waals surface area contributed by atoms with Crippen LogP contribution in [0.25, 0.3) is 0 Å². The van der Waals surface area contributed by atoms with Gasteiger partial charge in [-0.25, -0.2) is 0 Å². The topological polar surface area (TPSA) is 50.2 Å². The first-order chi connectivity index (χ1) is 8.18. The lowest BCUT2D eigenvalue weighted by molar-refractivity contribution is -0.137. The van der Waals surface area contributed by atoms with Crippen molar-refractivity contribution in [3.63, 3.8) is 0 Å². The summed E-state index contributed by atoms with van der Waals surface area (Å²) < 4.78 is 0. The molecule has 1 heterocycles. The van der Waals surface area contributed by atoms with Gasteiger partial charge in [0, 0.05) is 12.4 Å². The van der Waals surface area contributed by atoms with Crippen LogP contribution in [0.2, 0.25) is 0 Å². The Bertz CT molecular complexity index is 506.